The van der Waals surface area contributed by atoms with Gasteiger partial charge in [-0.3, -0.25) is 0 Å². The van der Waals surface area contributed by atoms with E-state index in [0.29, 0.717) is 5.75 Å². The Morgan fingerprint density at radius 3 is 2.22 bits per heavy atom. The molecule has 2 aromatic rings. The van der Waals surface area contributed by atoms with Gasteiger partial charge in [-0.25, -0.2) is 0 Å². The first-order valence-electron chi connectivity index (χ1n) is 5.06. The minimum absolute atomic E-state index is 0.0164. The molecule has 94 valence electrons. The van der Waals surface area contributed by atoms with E-state index < -0.39 is 11.7 Å². The molecule has 5 heteroatoms. The van der Waals surface area contributed by atoms with Gasteiger partial charge in [0.05, 0.1) is 5.56 Å². The molecule has 18 heavy (non-hydrogen) atoms. The van der Waals surface area contributed by atoms with Crippen molar-refractivity contribution in [3.63, 3.8) is 0 Å². The first-order valence-corrected chi connectivity index (χ1v) is 5.44. The number of rotatable bonds is 2. The van der Waals surface area contributed by atoms with E-state index in [0.717, 1.165) is 6.07 Å². The Labute approximate surface area is 107 Å². The number of benzene rings is 2. The van der Waals surface area contributed by atoms with Gasteiger partial charge in [0.25, 0.3) is 0 Å². The van der Waals surface area contributed by atoms with Crippen LogP contribution in [0.1, 0.15) is 5.56 Å². The van der Waals surface area contributed by atoms with Gasteiger partial charge >= 0.3 is 6.18 Å². The Hall–Kier alpha value is -1.68. The maximum atomic E-state index is 12.8. The van der Waals surface area contributed by atoms with Crippen LogP contribution in [0.2, 0.25) is 5.02 Å². The van der Waals surface area contributed by atoms with E-state index >= 15 is 0 Å². The average molecular weight is 273 g/mol. The fourth-order valence-corrected chi connectivity index (χ4v) is 1.60. The van der Waals surface area contributed by atoms with Crippen molar-refractivity contribution in [1.29, 1.82) is 0 Å². The molecule has 2 rings (SSSR count). The summed E-state index contributed by atoms with van der Waals surface area (Å²) < 4.78 is 43.6. The summed E-state index contributed by atoms with van der Waals surface area (Å²) in [6.45, 7) is 0. The zero-order valence-corrected chi connectivity index (χ0v) is 9.79. The number of alkyl halides is 3. The van der Waals surface area contributed by atoms with Crippen molar-refractivity contribution in [2.75, 3.05) is 0 Å². The van der Waals surface area contributed by atoms with Crippen molar-refractivity contribution < 1.29 is 17.9 Å². The van der Waals surface area contributed by atoms with E-state index in [1.807, 2.05) is 0 Å². The van der Waals surface area contributed by atoms with E-state index in [9.17, 15) is 13.2 Å². The van der Waals surface area contributed by atoms with Crippen LogP contribution < -0.4 is 4.74 Å². The Balaban J connectivity index is 2.39. The summed E-state index contributed by atoms with van der Waals surface area (Å²) in [6.07, 6.45) is -4.50. The van der Waals surface area contributed by atoms with Crippen LogP contribution in [0.15, 0.2) is 48.5 Å². The number of hydrogen-bond donors (Lipinski definition) is 0. The molecule has 0 fully saturated rings. The summed E-state index contributed by atoms with van der Waals surface area (Å²) in [5.41, 5.74) is -0.890. The lowest BCUT2D eigenvalue weighted by Gasteiger charge is -2.13. The van der Waals surface area contributed by atoms with E-state index in [4.69, 9.17) is 16.3 Å². The third-order valence-corrected chi connectivity index (χ3v) is 2.45. The highest BCUT2D eigenvalue weighted by Crippen LogP contribution is 2.39. The summed E-state index contributed by atoms with van der Waals surface area (Å²) in [7, 11) is 0. The molecule has 1 nitrogen and oxygen atoms in total. The molecular formula is C13H8ClF3O. The molecule has 0 aliphatic carbocycles. The highest BCUT2D eigenvalue weighted by Gasteiger charge is 2.34. The topological polar surface area (TPSA) is 9.23 Å². The average Bonchev–Trinajstić information content (AvgIpc) is 2.31. The fraction of sp³-hybridized carbons (Fsp3) is 0.0769. The molecule has 0 aliphatic heterocycles. The molecule has 0 heterocycles. The molecule has 0 saturated carbocycles. The van der Waals surface area contributed by atoms with E-state index in [1.165, 1.54) is 12.1 Å². The molecule has 0 aliphatic rings. The SMILES string of the molecule is FC(F)(F)c1cc(Cl)ccc1Oc1ccccc1. The van der Waals surface area contributed by atoms with Crippen LogP contribution in [0.5, 0.6) is 11.5 Å². The van der Waals surface area contributed by atoms with Crippen molar-refractivity contribution in [3.8, 4) is 11.5 Å². The molecule has 0 saturated heterocycles. The minimum atomic E-state index is -4.50. The Morgan fingerprint density at radius 1 is 0.944 bits per heavy atom. The predicted octanol–water partition coefficient (Wildman–Crippen LogP) is 5.15. The second-order valence-electron chi connectivity index (χ2n) is 3.55. The first-order chi connectivity index (χ1) is 8.47. The standard InChI is InChI=1S/C13H8ClF3O/c14-9-6-7-12(11(8-9)13(15,16)17)18-10-4-2-1-3-5-10/h1-8H. The molecule has 0 spiro atoms. The van der Waals surface area contributed by atoms with Gasteiger partial charge in [-0.1, -0.05) is 29.8 Å². The van der Waals surface area contributed by atoms with Crippen molar-refractivity contribution in [2.24, 2.45) is 0 Å². The number of ether oxygens (including phenoxy) is 1. The number of halogens is 4. The number of hydrogen-bond acceptors (Lipinski definition) is 1. The normalized spacial score (nSPS) is 11.3. The third-order valence-electron chi connectivity index (χ3n) is 2.22. The van der Waals surface area contributed by atoms with Gasteiger partial charge in [0.15, 0.2) is 0 Å². The Kier molecular flexibility index (Phi) is 3.48. The van der Waals surface area contributed by atoms with E-state index in [-0.39, 0.29) is 10.8 Å². The molecule has 0 atom stereocenters. The minimum Gasteiger partial charge on any atom is -0.457 e. The van der Waals surface area contributed by atoms with Gasteiger partial charge in [0, 0.05) is 5.02 Å². The molecule has 0 aromatic heterocycles. The largest absolute Gasteiger partial charge is 0.457 e. The summed E-state index contributed by atoms with van der Waals surface area (Å²) in [4.78, 5) is 0. The van der Waals surface area contributed by atoms with E-state index in [1.54, 1.807) is 30.3 Å². The van der Waals surface area contributed by atoms with Crippen LogP contribution in [0, 0.1) is 0 Å². The van der Waals surface area contributed by atoms with Gasteiger partial charge in [-0.2, -0.15) is 13.2 Å². The molecule has 0 amide bonds. The molecule has 0 bridgehead atoms. The van der Waals surface area contributed by atoms with Crippen molar-refractivity contribution in [2.45, 2.75) is 6.18 Å². The van der Waals surface area contributed by atoms with Crippen molar-refractivity contribution in [3.05, 3.63) is 59.1 Å². The molecular weight excluding hydrogens is 265 g/mol. The zero-order valence-electron chi connectivity index (χ0n) is 9.04. The summed E-state index contributed by atoms with van der Waals surface area (Å²) in [6, 6.07) is 11.7. The highest BCUT2D eigenvalue weighted by atomic mass is 35.5. The highest BCUT2D eigenvalue weighted by molar-refractivity contribution is 6.30. The van der Waals surface area contributed by atoms with Crippen LogP contribution in [-0.2, 0) is 6.18 Å². The number of para-hydroxylation sites is 1. The Bertz CT molecular complexity index is 538. The molecule has 0 unspecified atom stereocenters. The third kappa shape index (κ3) is 2.96. The molecule has 0 radical (unpaired) electrons. The lowest BCUT2D eigenvalue weighted by Crippen LogP contribution is -2.07. The fourth-order valence-electron chi connectivity index (χ4n) is 1.43. The molecule has 2 aromatic carbocycles. The molecule has 0 N–H and O–H groups in total. The smallest absolute Gasteiger partial charge is 0.420 e. The maximum Gasteiger partial charge on any atom is 0.420 e. The first kappa shape index (κ1) is 12.8. The van der Waals surface area contributed by atoms with Gasteiger partial charge < -0.3 is 4.74 Å². The summed E-state index contributed by atoms with van der Waals surface area (Å²) >= 11 is 5.57. The second kappa shape index (κ2) is 4.90. The zero-order chi connectivity index (χ0) is 13.2. The van der Waals surface area contributed by atoms with Crippen LogP contribution in [0.4, 0.5) is 13.2 Å². The van der Waals surface area contributed by atoms with Crippen LogP contribution in [0.3, 0.4) is 0 Å². The van der Waals surface area contributed by atoms with Crippen molar-refractivity contribution >= 4 is 11.6 Å². The lowest BCUT2D eigenvalue weighted by atomic mass is 10.2. The van der Waals surface area contributed by atoms with E-state index in [2.05, 4.69) is 0 Å². The summed E-state index contributed by atoms with van der Waals surface area (Å²) in [5, 5.41) is 0.0164. The van der Waals surface area contributed by atoms with Gasteiger partial charge in [-0.05, 0) is 30.3 Å². The van der Waals surface area contributed by atoms with Crippen molar-refractivity contribution in [1.82, 2.24) is 0 Å². The van der Waals surface area contributed by atoms with Crippen LogP contribution in [-0.4, -0.2) is 0 Å². The van der Waals surface area contributed by atoms with Gasteiger partial charge in [0.1, 0.15) is 11.5 Å². The maximum absolute atomic E-state index is 12.8. The lowest BCUT2D eigenvalue weighted by molar-refractivity contribution is -0.138. The van der Waals surface area contributed by atoms with Gasteiger partial charge in [-0.15, -0.1) is 0 Å². The van der Waals surface area contributed by atoms with Gasteiger partial charge in [0.2, 0.25) is 0 Å². The Morgan fingerprint density at radius 2 is 1.61 bits per heavy atom. The second-order valence-corrected chi connectivity index (χ2v) is 3.99. The van der Waals surface area contributed by atoms with Crippen LogP contribution in [0.25, 0.3) is 0 Å². The van der Waals surface area contributed by atoms with Crippen LogP contribution >= 0.6 is 11.6 Å². The quantitative estimate of drug-likeness (QED) is 0.734. The monoisotopic (exact) mass is 272 g/mol. The summed E-state index contributed by atoms with van der Waals surface area (Å²) in [5.74, 6) is 0.0726. The predicted molar refractivity (Wildman–Crippen MR) is 63.0 cm³/mol.